The number of nitrogens with one attached hydrogen (secondary N) is 1. The maximum atomic E-state index is 11.7. The SMILES string of the molecule is Cn1cc(CCC(=O)NCC2(O)CCCC2)cn1. The Bertz CT molecular complexity index is 408. The fourth-order valence-corrected chi connectivity index (χ4v) is 2.42. The van der Waals surface area contributed by atoms with Gasteiger partial charge in [-0.3, -0.25) is 9.48 Å². The highest BCUT2D eigenvalue weighted by Gasteiger charge is 2.31. The lowest BCUT2D eigenvalue weighted by Gasteiger charge is -2.22. The average molecular weight is 251 g/mol. The second-order valence-electron chi connectivity index (χ2n) is 5.23. The van der Waals surface area contributed by atoms with Gasteiger partial charge >= 0.3 is 0 Å². The normalized spacial score (nSPS) is 17.9. The molecule has 5 nitrogen and oxygen atoms in total. The van der Waals surface area contributed by atoms with Gasteiger partial charge in [-0.25, -0.2) is 0 Å². The number of rotatable bonds is 5. The maximum Gasteiger partial charge on any atom is 0.220 e. The van der Waals surface area contributed by atoms with E-state index in [1.54, 1.807) is 10.9 Å². The molecular formula is C13H21N3O2. The number of amides is 1. The Morgan fingerprint density at radius 2 is 2.28 bits per heavy atom. The molecule has 2 rings (SSSR count). The van der Waals surface area contributed by atoms with Gasteiger partial charge < -0.3 is 10.4 Å². The van der Waals surface area contributed by atoms with Crippen molar-refractivity contribution in [3.63, 3.8) is 0 Å². The van der Waals surface area contributed by atoms with E-state index in [1.165, 1.54) is 0 Å². The molecule has 0 radical (unpaired) electrons. The second-order valence-corrected chi connectivity index (χ2v) is 5.23. The first kappa shape index (κ1) is 13.1. The van der Waals surface area contributed by atoms with Crippen LogP contribution in [0.5, 0.6) is 0 Å². The number of aliphatic hydroxyl groups is 1. The summed E-state index contributed by atoms with van der Waals surface area (Å²) in [6.45, 7) is 0.388. The molecule has 100 valence electrons. The van der Waals surface area contributed by atoms with Crippen LogP contribution in [-0.4, -0.2) is 32.9 Å². The smallest absolute Gasteiger partial charge is 0.220 e. The summed E-state index contributed by atoms with van der Waals surface area (Å²) in [4.78, 5) is 11.7. The van der Waals surface area contributed by atoms with Crippen LogP contribution in [0.3, 0.4) is 0 Å². The van der Waals surface area contributed by atoms with E-state index in [0.29, 0.717) is 19.4 Å². The van der Waals surface area contributed by atoms with E-state index in [9.17, 15) is 9.90 Å². The molecule has 0 atom stereocenters. The Morgan fingerprint density at radius 1 is 1.56 bits per heavy atom. The Hall–Kier alpha value is -1.36. The third kappa shape index (κ3) is 3.57. The monoisotopic (exact) mass is 251 g/mol. The molecule has 0 aromatic carbocycles. The highest BCUT2D eigenvalue weighted by atomic mass is 16.3. The predicted octanol–water partition coefficient (Wildman–Crippen LogP) is 0.774. The quantitative estimate of drug-likeness (QED) is 0.812. The van der Waals surface area contributed by atoms with E-state index in [1.807, 2.05) is 13.2 Å². The van der Waals surface area contributed by atoms with Gasteiger partial charge in [-0.2, -0.15) is 5.10 Å². The average Bonchev–Trinajstić information content (AvgIpc) is 2.94. The highest BCUT2D eigenvalue weighted by molar-refractivity contribution is 5.76. The molecule has 1 aliphatic rings. The largest absolute Gasteiger partial charge is 0.388 e. The Morgan fingerprint density at radius 3 is 2.89 bits per heavy atom. The lowest BCUT2D eigenvalue weighted by Crippen LogP contribution is -2.40. The molecule has 1 amide bonds. The third-order valence-corrected chi connectivity index (χ3v) is 3.55. The Kier molecular flexibility index (Phi) is 4.01. The lowest BCUT2D eigenvalue weighted by molar-refractivity contribution is -0.122. The topological polar surface area (TPSA) is 67.2 Å². The minimum Gasteiger partial charge on any atom is -0.388 e. The van der Waals surface area contributed by atoms with Crippen molar-refractivity contribution >= 4 is 5.91 Å². The first-order valence-corrected chi connectivity index (χ1v) is 6.54. The molecule has 18 heavy (non-hydrogen) atoms. The van der Waals surface area contributed by atoms with Gasteiger partial charge in [0.15, 0.2) is 0 Å². The number of hydrogen-bond donors (Lipinski definition) is 2. The van der Waals surface area contributed by atoms with Gasteiger partial charge in [0.05, 0.1) is 11.8 Å². The first-order chi connectivity index (χ1) is 8.57. The summed E-state index contributed by atoms with van der Waals surface area (Å²) in [5.41, 5.74) is 0.400. The zero-order valence-corrected chi connectivity index (χ0v) is 10.9. The van der Waals surface area contributed by atoms with Crippen LogP contribution in [0.4, 0.5) is 0 Å². The molecule has 1 aliphatic carbocycles. The van der Waals surface area contributed by atoms with Crippen LogP contribution in [0, 0.1) is 0 Å². The summed E-state index contributed by atoms with van der Waals surface area (Å²) in [6.07, 6.45) is 8.55. The van der Waals surface area contributed by atoms with E-state index < -0.39 is 5.60 Å². The molecule has 0 bridgehead atoms. The van der Waals surface area contributed by atoms with Crippen LogP contribution in [0.25, 0.3) is 0 Å². The number of carbonyl (C=O) groups excluding carboxylic acids is 1. The minimum absolute atomic E-state index is 0.000761. The standard InChI is InChI=1S/C13H21N3O2/c1-16-9-11(8-15-16)4-5-12(17)14-10-13(18)6-2-3-7-13/h8-9,18H,2-7,10H2,1H3,(H,14,17). The fraction of sp³-hybridized carbons (Fsp3) is 0.692. The zero-order valence-electron chi connectivity index (χ0n) is 10.9. The van der Waals surface area contributed by atoms with Gasteiger partial charge in [-0.1, -0.05) is 12.8 Å². The summed E-state index contributed by atoms with van der Waals surface area (Å²) >= 11 is 0. The molecule has 1 heterocycles. The fourth-order valence-electron chi connectivity index (χ4n) is 2.42. The van der Waals surface area contributed by atoms with Crippen LogP contribution in [0.2, 0.25) is 0 Å². The van der Waals surface area contributed by atoms with Gasteiger partial charge in [-0.15, -0.1) is 0 Å². The van der Waals surface area contributed by atoms with Gasteiger partial charge in [0.1, 0.15) is 0 Å². The van der Waals surface area contributed by atoms with Crippen molar-refractivity contribution in [2.24, 2.45) is 7.05 Å². The van der Waals surface area contributed by atoms with E-state index in [4.69, 9.17) is 0 Å². The molecule has 0 aliphatic heterocycles. The summed E-state index contributed by atoms with van der Waals surface area (Å²) < 4.78 is 1.73. The van der Waals surface area contributed by atoms with Crippen molar-refractivity contribution in [3.8, 4) is 0 Å². The molecule has 1 aromatic heterocycles. The molecule has 0 unspecified atom stereocenters. The number of aromatic nitrogens is 2. The van der Waals surface area contributed by atoms with Crippen molar-refractivity contribution in [2.75, 3.05) is 6.54 Å². The first-order valence-electron chi connectivity index (χ1n) is 6.54. The molecule has 1 fully saturated rings. The molecular weight excluding hydrogens is 230 g/mol. The molecule has 1 saturated carbocycles. The van der Waals surface area contributed by atoms with Gasteiger partial charge in [0, 0.05) is 26.2 Å². The number of nitrogens with zero attached hydrogens (tertiary/aromatic N) is 2. The molecule has 1 aromatic rings. The number of hydrogen-bond acceptors (Lipinski definition) is 3. The van der Waals surface area contributed by atoms with E-state index in [0.717, 1.165) is 31.2 Å². The highest BCUT2D eigenvalue weighted by Crippen LogP contribution is 2.28. The maximum absolute atomic E-state index is 11.7. The van der Waals surface area contributed by atoms with Gasteiger partial charge in [0.2, 0.25) is 5.91 Å². The molecule has 0 spiro atoms. The summed E-state index contributed by atoms with van der Waals surface area (Å²) in [6, 6.07) is 0. The lowest BCUT2D eigenvalue weighted by atomic mass is 10.0. The predicted molar refractivity (Wildman–Crippen MR) is 68.0 cm³/mol. The molecule has 5 heteroatoms. The van der Waals surface area contributed by atoms with Crippen molar-refractivity contribution in [3.05, 3.63) is 18.0 Å². The van der Waals surface area contributed by atoms with Crippen molar-refractivity contribution in [1.82, 2.24) is 15.1 Å². The summed E-state index contributed by atoms with van der Waals surface area (Å²) in [7, 11) is 1.86. The summed E-state index contributed by atoms with van der Waals surface area (Å²) in [5.74, 6) is -0.000761. The third-order valence-electron chi connectivity index (χ3n) is 3.55. The van der Waals surface area contributed by atoms with Crippen molar-refractivity contribution in [2.45, 2.75) is 44.1 Å². The van der Waals surface area contributed by atoms with Gasteiger partial charge in [0.25, 0.3) is 0 Å². The van der Waals surface area contributed by atoms with Crippen LogP contribution in [-0.2, 0) is 18.3 Å². The zero-order chi connectivity index (χ0) is 13.0. The number of aryl methyl sites for hydroxylation is 2. The Labute approximate surface area is 107 Å². The van der Waals surface area contributed by atoms with E-state index >= 15 is 0 Å². The van der Waals surface area contributed by atoms with E-state index in [-0.39, 0.29) is 5.91 Å². The second kappa shape index (κ2) is 5.52. The van der Waals surface area contributed by atoms with Crippen LogP contribution in [0.1, 0.15) is 37.7 Å². The van der Waals surface area contributed by atoms with Crippen molar-refractivity contribution in [1.29, 1.82) is 0 Å². The number of carbonyl (C=O) groups is 1. The molecule has 0 saturated heterocycles. The van der Waals surface area contributed by atoms with Crippen molar-refractivity contribution < 1.29 is 9.90 Å². The van der Waals surface area contributed by atoms with Gasteiger partial charge in [-0.05, 0) is 24.8 Å². The Balaban J connectivity index is 1.69. The summed E-state index contributed by atoms with van der Waals surface area (Å²) in [5, 5.41) is 17.0. The molecule has 2 N–H and O–H groups in total. The van der Waals surface area contributed by atoms with Crippen LogP contribution >= 0.6 is 0 Å². The van der Waals surface area contributed by atoms with Crippen LogP contribution in [0.15, 0.2) is 12.4 Å². The van der Waals surface area contributed by atoms with E-state index in [2.05, 4.69) is 10.4 Å². The minimum atomic E-state index is -0.663. The van der Waals surface area contributed by atoms with Crippen LogP contribution < -0.4 is 5.32 Å².